The first-order valence-corrected chi connectivity index (χ1v) is 9.79. The standard InChI is InChI=1S/C22H15F2N3OS/c23-15-10-11-18(24)19(12-15)25-20(28)13-29-22-17-9-5-4-8-16(17)21(26-27-22)14-6-2-1-3-7-14/h1-12H,13H2,(H,25,28). The zero-order chi connectivity index (χ0) is 20.2. The van der Waals surface area contributed by atoms with E-state index in [1.54, 1.807) is 0 Å². The van der Waals surface area contributed by atoms with Crippen LogP contribution in [-0.4, -0.2) is 21.9 Å². The second kappa shape index (κ2) is 8.36. The van der Waals surface area contributed by atoms with Crippen LogP contribution >= 0.6 is 11.8 Å². The van der Waals surface area contributed by atoms with Crippen molar-refractivity contribution < 1.29 is 13.6 Å². The highest BCUT2D eigenvalue weighted by Crippen LogP contribution is 2.31. The number of anilines is 1. The van der Waals surface area contributed by atoms with E-state index in [1.807, 2.05) is 54.6 Å². The molecule has 4 rings (SSSR count). The Kier molecular flexibility index (Phi) is 5.48. The number of fused-ring (bicyclic) bond motifs is 1. The molecule has 0 spiro atoms. The molecule has 144 valence electrons. The summed E-state index contributed by atoms with van der Waals surface area (Å²) in [6.45, 7) is 0. The maximum absolute atomic E-state index is 13.7. The molecule has 0 aliphatic heterocycles. The van der Waals surface area contributed by atoms with Crippen LogP contribution in [0.25, 0.3) is 22.0 Å². The molecule has 1 amide bonds. The summed E-state index contributed by atoms with van der Waals surface area (Å²) in [4.78, 5) is 12.2. The molecule has 0 aliphatic carbocycles. The largest absolute Gasteiger partial charge is 0.323 e. The minimum Gasteiger partial charge on any atom is -0.323 e. The van der Waals surface area contributed by atoms with Gasteiger partial charge in [-0.05, 0) is 12.1 Å². The van der Waals surface area contributed by atoms with Gasteiger partial charge in [-0.3, -0.25) is 4.79 Å². The van der Waals surface area contributed by atoms with E-state index in [2.05, 4.69) is 15.5 Å². The van der Waals surface area contributed by atoms with Gasteiger partial charge in [0.05, 0.1) is 11.4 Å². The molecule has 0 fully saturated rings. The molecule has 4 nitrogen and oxygen atoms in total. The van der Waals surface area contributed by atoms with Gasteiger partial charge in [0.25, 0.3) is 0 Å². The van der Waals surface area contributed by atoms with Crippen LogP contribution in [0.1, 0.15) is 0 Å². The first-order chi connectivity index (χ1) is 14.1. The fourth-order valence-corrected chi connectivity index (χ4v) is 3.68. The van der Waals surface area contributed by atoms with E-state index in [9.17, 15) is 13.6 Å². The minimum atomic E-state index is -0.692. The quantitative estimate of drug-likeness (QED) is 0.456. The molecule has 7 heteroatoms. The minimum absolute atomic E-state index is 0.0146. The molecule has 1 heterocycles. The number of hydrogen-bond acceptors (Lipinski definition) is 4. The molecule has 1 aromatic heterocycles. The van der Waals surface area contributed by atoms with Gasteiger partial charge in [0.2, 0.25) is 5.91 Å². The highest BCUT2D eigenvalue weighted by atomic mass is 32.2. The molecule has 0 saturated heterocycles. The number of nitrogens with one attached hydrogen (secondary N) is 1. The summed E-state index contributed by atoms with van der Waals surface area (Å²) >= 11 is 1.19. The maximum Gasteiger partial charge on any atom is 0.234 e. The Balaban J connectivity index is 1.56. The fraction of sp³-hybridized carbons (Fsp3) is 0.0455. The average molecular weight is 407 g/mol. The summed E-state index contributed by atoms with van der Waals surface area (Å²) in [5, 5.41) is 13.4. The van der Waals surface area contributed by atoms with Crippen LogP contribution in [0, 0.1) is 11.6 Å². The zero-order valence-electron chi connectivity index (χ0n) is 15.1. The van der Waals surface area contributed by atoms with Gasteiger partial charge in [-0.25, -0.2) is 8.78 Å². The summed E-state index contributed by atoms with van der Waals surface area (Å²) in [6, 6.07) is 20.3. The molecule has 0 unspecified atom stereocenters. The highest BCUT2D eigenvalue weighted by molar-refractivity contribution is 8.00. The summed E-state index contributed by atoms with van der Waals surface area (Å²) in [5.74, 6) is -1.79. The van der Waals surface area contributed by atoms with Gasteiger partial charge in [0, 0.05) is 22.4 Å². The molecule has 29 heavy (non-hydrogen) atoms. The van der Waals surface area contributed by atoms with Crippen LogP contribution in [-0.2, 0) is 4.79 Å². The second-order valence-corrected chi connectivity index (χ2v) is 7.19. The average Bonchev–Trinajstić information content (AvgIpc) is 2.75. The van der Waals surface area contributed by atoms with E-state index in [-0.39, 0.29) is 11.4 Å². The Morgan fingerprint density at radius 1 is 0.897 bits per heavy atom. The Labute approximate surface area is 170 Å². The molecule has 0 radical (unpaired) electrons. The number of halogens is 2. The summed E-state index contributed by atoms with van der Waals surface area (Å²) < 4.78 is 27.0. The lowest BCUT2D eigenvalue weighted by Crippen LogP contribution is -2.15. The normalized spacial score (nSPS) is 10.8. The van der Waals surface area contributed by atoms with Crippen LogP contribution < -0.4 is 5.32 Å². The third-order valence-corrected chi connectivity index (χ3v) is 5.22. The molecule has 1 N–H and O–H groups in total. The van der Waals surface area contributed by atoms with Gasteiger partial charge < -0.3 is 5.32 Å². The number of rotatable bonds is 5. The van der Waals surface area contributed by atoms with Crippen molar-refractivity contribution in [3.63, 3.8) is 0 Å². The number of aromatic nitrogens is 2. The topological polar surface area (TPSA) is 54.9 Å². The fourth-order valence-electron chi connectivity index (χ4n) is 2.91. The van der Waals surface area contributed by atoms with Gasteiger partial charge >= 0.3 is 0 Å². The van der Waals surface area contributed by atoms with Crippen molar-refractivity contribution in [2.75, 3.05) is 11.1 Å². The Morgan fingerprint density at radius 3 is 2.41 bits per heavy atom. The van der Waals surface area contributed by atoms with Crippen molar-refractivity contribution in [3.8, 4) is 11.3 Å². The number of benzene rings is 3. The maximum atomic E-state index is 13.7. The first kappa shape index (κ1) is 19.0. The molecule has 4 aromatic rings. The predicted molar refractivity (Wildman–Crippen MR) is 111 cm³/mol. The zero-order valence-corrected chi connectivity index (χ0v) is 15.9. The van der Waals surface area contributed by atoms with Crippen molar-refractivity contribution in [1.82, 2.24) is 10.2 Å². The van der Waals surface area contributed by atoms with E-state index in [1.165, 1.54) is 11.8 Å². The summed E-state index contributed by atoms with van der Waals surface area (Å²) in [6.07, 6.45) is 0. The Bertz CT molecular complexity index is 1190. The SMILES string of the molecule is O=C(CSc1nnc(-c2ccccc2)c2ccccc12)Nc1cc(F)ccc1F. The van der Waals surface area contributed by atoms with Crippen LogP contribution in [0.3, 0.4) is 0 Å². The van der Waals surface area contributed by atoms with Crippen LogP contribution in [0.15, 0.2) is 77.8 Å². The van der Waals surface area contributed by atoms with E-state index < -0.39 is 17.5 Å². The molecular formula is C22H15F2N3OS. The molecule has 0 saturated carbocycles. The second-order valence-electron chi connectivity index (χ2n) is 6.23. The van der Waals surface area contributed by atoms with Crippen molar-refractivity contribution in [2.24, 2.45) is 0 Å². The van der Waals surface area contributed by atoms with Gasteiger partial charge in [-0.1, -0.05) is 66.4 Å². The van der Waals surface area contributed by atoms with E-state index in [0.717, 1.165) is 40.2 Å². The number of thioether (sulfide) groups is 1. The lowest BCUT2D eigenvalue weighted by Gasteiger charge is -2.10. The monoisotopic (exact) mass is 407 g/mol. The van der Waals surface area contributed by atoms with Crippen LogP contribution in [0.4, 0.5) is 14.5 Å². The third-order valence-electron chi connectivity index (χ3n) is 4.24. The molecule has 0 atom stereocenters. The van der Waals surface area contributed by atoms with Gasteiger partial charge in [-0.15, -0.1) is 10.2 Å². The van der Waals surface area contributed by atoms with Crippen LogP contribution in [0.5, 0.6) is 0 Å². The summed E-state index contributed by atoms with van der Waals surface area (Å²) in [5.41, 5.74) is 1.52. The molecule has 3 aromatic carbocycles. The number of carbonyl (C=O) groups is 1. The van der Waals surface area contributed by atoms with Crippen LogP contribution in [0.2, 0.25) is 0 Å². The van der Waals surface area contributed by atoms with Gasteiger partial charge in [0.1, 0.15) is 22.4 Å². The molecule has 0 bridgehead atoms. The van der Waals surface area contributed by atoms with Crippen molar-refractivity contribution in [1.29, 1.82) is 0 Å². The smallest absolute Gasteiger partial charge is 0.234 e. The molecular weight excluding hydrogens is 392 g/mol. The number of hydrogen-bond donors (Lipinski definition) is 1. The summed E-state index contributed by atoms with van der Waals surface area (Å²) in [7, 11) is 0. The lowest BCUT2D eigenvalue weighted by molar-refractivity contribution is -0.113. The predicted octanol–water partition coefficient (Wildman–Crippen LogP) is 5.31. The number of nitrogens with zero attached hydrogens (tertiary/aromatic N) is 2. The van der Waals surface area contributed by atoms with Crippen molar-refractivity contribution in [2.45, 2.75) is 5.03 Å². The van der Waals surface area contributed by atoms with Gasteiger partial charge in [-0.2, -0.15) is 0 Å². The Hall–Kier alpha value is -3.32. The first-order valence-electron chi connectivity index (χ1n) is 8.80. The van der Waals surface area contributed by atoms with E-state index in [0.29, 0.717) is 5.03 Å². The van der Waals surface area contributed by atoms with Gasteiger partial charge in [0.15, 0.2) is 0 Å². The van der Waals surface area contributed by atoms with Crippen molar-refractivity contribution in [3.05, 3.63) is 84.4 Å². The molecule has 0 aliphatic rings. The lowest BCUT2D eigenvalue weighted by atomic mass is 10.1. The number of carbonyl (C=O) groups excluding carboxylic acids is 1. The van der Waals surface area contributed by atoms with E-state index in [4.69, 9.17) is 0 Å². The Morgan fingerprint density at radius 2 is 1.62 bits per heavy atom. The highest BCUT2D eigenvalue weighted by Gasteiger charge is 2.14. The number of amides is 1. The third kappa shape index (κ3) is 4.25. The van der Waals surface area contributed by atoms with E-state index >= 15 is 0 Å². The van der Waals surface area contributed by atoms with Crippen molar-refractivity contribution >= 4 is 34.1 Å².